The Morgan fingerprint density at radius 2 is 1.67 bits per heavy atom. The second kappa shape index (κ2) is 6.27. The summed E-state index contributed by atoms with van der Waals surface area (Å²) < 4.78 is 10.5. The molecule has 0 heterocycles. The van der Waals surface area contributed by atoms with Crippen molar-refractivity contribution < 1.29 is 19.7 Å². The van der Waals surface area contributed by atoms with Crippen LogP contribution in [0, 0.1) is 0 Å². The molecule has 84 valence electrons. The average Bonchev–Trinajstić information content (AvgIpc) is 2.25. The highest BCUT2D eigenvalue weighted by Crippen LogP contribution is 2.17. The zero-order valence-electron chi connectivity index (χ0n) is 8.72. The lowest BCUT2D eigenvalue weighted by Crippen LogP contribution is -2.12. The van der Waals surface area contributed by atoms with Crippen molar-refractivity contribution in [3.63, 3.8) is 0 Å². The van der Waals surface area contributed by atoms with E-state index in [0.717, 1.165) is 0 Å². The first-order valence-corrected chi connectivity index (χ1v) is 4.87. The molecule has 1 aromatic rings. The zero-order chi connectivity index (χ0) is 11.1. The quantitative estimate of drug-likeness (QED) is 0.733. The van der Waals surface area contributed by atoms with E-state index >= 15 is 0 Å². The van der Waals surface area contributed by atoms with Gasteiger partial charge in [0, 0.05) is 0 Å². The predicted molar refractivity (Wildman–Crippen MR) is 56.2 cm³/mol. The summed E-state index contributed by atoms with van der Waals surface area (Å²) in [5, 5.41) is 17.6. The van der Waals surface area contributed by atoms with Gasteiger partial charge in [-0.2, -0.15) is 0 Å². The van der Waals surface area contributed by atoms with Crippen LogP contribution in [0.25, 0.3) is 0 Å². The SMILES string of the molecule is CC(O)COc1ccc(OCCO)cc1. The molecule has 0 radical (unpaired) electrons. The number of aliphatic hydroxyl groups excluding tert-OH is 2. The molecule has 2 N–H and O–H groups in total. The number of hydrogen-bond donors (Lipinski definition) is 2. The van der Waals surface area contributed by atoms with Crippen LogP contribution >= 0.6 is 0 Å². The van der Waals surface area contributed by atoms with Gasteiger partial charge in [-0.25, -0.2) is 0 Å². The first-order valence-electron chi connectivity index (χ1n) is 4.87. The van der Waals surface area contributed by atoms with Crippen molar-refractivity contribution in [2.75, 3.05) is 19.8 Å². The van der Waals surface area contributed by atoms with E-state index in [4.69, 9.17) is 19.7 Å². The molecular weight excluding hydrogens is 196 g/mol. The van der Waals surface area contributed by atoms with Crippen molar-refractivity contribution >= 4 is 0 Å². The lowest BCUT2D eigenvalue weighted by molar-refractivity contribution is 0.122. The van der Waals surface area contributed by atoms with Crippen LogP contribution in [0.15, 0.2) is 24.3 Å². The summed E-state index contributed by atoms with van der Waals surface area (Å²) in [6.45, 7) is 2.23. The Hall–Kier alpha value is -1.26. The van der Waals surface area contributed by atoms with Crippen LogP contribution < -0.4 is 9.47 Å². The molecule has 0 aromatic heterocycles. The van der Waals surface area contributed by atoms with E-state index in [-0.39, 0.29) is 19.8 Å². The molecule has 0 aliphatic carbocycles. The third-order valence-electron chi connectivity index (χ3n) is 1.67. The highest BCUT2D eigenvalue weighted by atomic mass is 16.5. The van der Waals surface area contributed by atoms with Crippen molar-refractivity contribution in [1.82, 2.24) is 0 Å². The van der Waals surface area contributed by atoms with Crippen LogP contribution in [-0.4, -0.2) is 36.1 Å². The number of hydrogen-bond acceptors (Lipinski definition) is 4. The number of benzene rings is 1. The molecule has 0 bridgehead atoms. The fraction of sp³-hybridized carbons (Fsp3) is 0.455. The highest BCUT2D eigenvalue weighted by Gasteiger charge is 1.98. The van der Waals surface area contributed by atoms with Gasteiger partial charge >= 0.3 is 0 Å². The van der Waals surface area contributed by atoms with Crippen molar-refractivity contribution in [1.29, 1.82) is 0 Å². The van der Waals surface area contributed by atoms with Crippen molar-refractivity contribution in [3.8, 4) is 11.5 Å². The number of aliphatic hydroxyl groups is 2. The minimum Gasteiger partial charge on any atom is -0.491 e. The summed E-state index contributed by atoms with van der Waals surface area (Å²) in [6.07, 6.45) is -0.477. The molecule has 15 heavy (non-hydrogen) atoms. The molecule has 0 aliphatic rings. The lowest BCUT2D eigenvalue weighted by Gasteiger charge is -2.09. The summed E-state index contributed by atoms with van der Waals surface area (Å²) in [5.74, 6) is 1.38. The van der Waals surface area contributed by atoms with Crippen LogP contribution in [0.3, 0.4) is 0 Å². The maximum absolute atomic E-state index is 9.01. The van der Waals surface area contributed by atoms with Gasteiger partial charge < -0.3 is 19.7 Å². The molecule has 1 unspecified atom stereocenters. The first-order chi connectivity index (χ1) is 7.22. The van der Waals surface area contributed by atoms with Gasteiger partial charge in [0.15, 0.2) is 0 Å². The van der Waals surface area contributed by atoms with Gasteiger partial charge in [-0.05, 0) is 31.2 Å². The molecule has 1 rings (SSSR count). The maximum Gasteiger partial charge on any atom is 0.119 e. The van der Waals surface area contributed by atoms with E-state index in [1.165, 1.54) is 0 Å². The minimum absolute atomic E-state index is 0.000276. The monoisotopic (exact) mass is 212 g/mol. The summed E-state index contributed by atoms with van der Waals surface area (Å²) in [4.78, 5) is 0. The van der Waals surface area contributed by atoms with Crippen molar-refractivity contribution in [3.05, 3.63) is 24.3 Å². The topological polar surface area (TPSA) is 58.9 Å². The molecular formula is C11H16O4. The second-order valence-corrected chi connectivity index (χ2v) is 3.20. The molecule has 0 aliphatic heterocycles. The Bertz CT molecular complexity index is 268. The van der Waals surface area contributed by atoms with E-state index in [1.54, 1.807) is 31.2 Å². The molecule has 0 saturated carbocycles. The van der Waals surface area contributed by atoms with Crippen molar-refractivity contribution in [2.45, 2.75) is 13.0 Å². The highest BCUT2D eigenvalue weighted by molar-refractivity contribution is 5.31. The molecule has 0 amide bonds. The lowest BCUT2D eigenvalue weighted by atomic mass is 10.3. The van der Waals surface area contributed by atoms with Gasteiger partial charge in [-0.15, -0.1) is 0 Å². The van der Waals surface area contributed by atoms with Gasteiger partial charge in [0.25, 0.3) is 0 Å². The summed E-state index contributed by atoms with van der Waals surface area (Å²) in [5.41, 5.74) is 0. The Kier molecular flexibility index (Phi) is 4.93. The van der Waals surface area contributed by atoms with E-state index in [1.807, 2.05) is 0 Å². The summed E-state index contributed by atoms with van der Waals surface area (Å²) in [7, 11) is 0. The molecule has 4 nitrogen and oxygen atoms in total. The minimum atomic E-state index is -0.477. The van der Waals surface area contributed by atoms with Gasteiger partial charge in [-0.1, -0.05) is 0 Å². The fourth-order valence-electron chi connectivity index (χ4n) is 1.01. The van der Waals surface area contributed by atoms with Crippen LogP contribution in [-0.2, 0) is 0 Å². The molecule has 0 spiro atoms. The second-order valence-electron chi connectivity index (χ2n) is 3.20. The van der Waals surface area contributed by atoms with E-state index < -0.39 is 6.10 Å². The van der Waals surface area contributed by atoms with Crippen LogP contribution in [0.1, 0.15) is 6.92 Å². The standard InChI is InChI=1S/C11H16O4/c1-9(13)8-15-11-4-2-10(3-5-11)14-7-6-12/h2-5,9,12-13H,6-8H2,1H3. The van der Waals surface area contributed by atoms with Crippen molar-refractivity contribution in [2.24, 2.45) is 0 Å². The number of ether oxygens (including phenoxy) is 2. The smallest absolute Gasteiger partial charge is 0.119 e. The fourth-order valence-corrected chi connectivity index (χ4v) is 1.01. The van der Waals surface area contributed by atoms with E-state index in [2.05, 4.69) is 0 Å². The third kappa shape index (κ3) is 4.67. The summed E-state index contributed by atoms with van der Waals surface area (Å²) >= 11 is 0. The molecule has 4 heteroatoms. The van der Waals surface area contributed by atoms with Gasteiger partial charge in [0.1, 0.15) is 24.7 Å². The Balaban J connectivity index is 2.41. The predicted octanol–water partition coefficient (Wildman–Crippen LogP) is 0.817. The summed E-state index contributed by atoms with van der Waals surface area (Å²) in [6, 6.07) is 7.03. The maximum atomic E-state index is 9.01. The first kappa shape index (κ1) is 11.8. The number of rotatable bonds is 6. The Morgan fingerprint density at radius 3 is 2.13 bits per heavy atom. The Labute approximate surface area is 89.1 Å². The van der Waals surface area contributed by atoms with Gasteiger partial charge in [0.2, 0.25) is 0 Å². The van der Waals surface area contributed by atoms with Crippen LogP contribution in [0.4, 0.5) is 0 Å². The zero-order valence-corrected chi connectivity index (χ0v) is 8.72. The largest absolute Gasteiger partial charge is 0.491 e. The third-order valence-corrected chi connectivity index (χ3v) is 1.67. The molecule has 1 aromatic carbocycles. The van der Waals surface area contributed by atoms with E-state index in [9.17, 15) is 0 Å². The van der Waals surface area contributed by atoms with E-state index in [0.29, 0.717) is 11.5 Å². The Morgan fingerprint density at radius 1 is 1.13 bits per heavy atom. The molecule has 1 atom stereocenters. The normalized spacial score (nSPS) is 12.2. The molecule has 0 fully saturated rings. The van der Waals surface area contributed by atoms with Gasteiger partial charge in [0.05, 0.1) is 12.7 Å². The van der Waals surface area contributed by atoms with Crippen LogP contribution in [0.5, 0.6) is 11.5 Å². The molecule has 0 saturated heterocycles. The average molecular weight is 212 g/mol. The van der Waals surface area contributed by atoms with Gasteiger partial charge in [-0.3, -0.25) is 0 Å². The van der Waals surface area contributed by atoms with Crippen LogP contribution in [0.2, 0.25) is 0 Å².